The topological polar surface area (TPSA) is 42.4 Å². The van der Waals surface area contributed by atoms with Gasteiger partial charge in [-0.05, 0) is 25.0 Å². The van der Waals surface area contributed by atoms with Crippen LogP contribution in [0.5, 0.6) is 5.75 Å². The number of carbonyl (C=O) groups is 1. The van der Waals surface area contributed by atoms with Crippen molar-refractivity contribution in [3.05, 3.63) is 18.3 Å². The highest BCUT2D eigenvalue weighted by atomic mass is 16.5. The maximum atomic E-state index is 10.8. The maximum absolute atomic E-state index is 10.8. The third-order valence-corrected chi connectivity index (χ3v) is 2.93. The largest absolute Gasteiger partial charge is 0.495 e. The second kappa shape index (κ2) is 4.96. The second-order valence-corrected chi connectivity index (χ2v) is 4.04. The van der Waals surface area contributed by atoms with Gasteiger partial charge in [0.2, 0.25) is 0 Å². The van der Waals surface area contributed by atoms with Gasteiger partial charge in [-0.15, -0.1) is 0 Å². The van der Waals surface area contributed by atoms with Crippen molar-refractivity contribution >= 4 is 12.1 Å². The lowest BCUT2D eigenvalue weighted by atomic mass is 10.00. The summed E-state index contributed by atoms with van der Waals surface area (Å²) in [5.74, 6) is 1.83. The lowest BCUT2D eigenvalue weighted by molar-refractivity contribution is -0.111. The van der Waals surface area contributed by atoms with Gasteiger partial charge < -0.3 is 14.4 Å². The van der Waals surface area contributed by atoms with Crippen LogP contribution >= 0.6 is 0 Å². The second-order valence-electron chi connectivity index (χ2n) is 4.04. The van der Waals surface area contributed by atoms with E-state index in [0.29, 0.717) is 0 Å². The first kappa shape index (κ1) is 10.9. The number of anilines is 1. The summed E-state index contributed by atoms with van der Waals surface area (Å²) in [6.45, 7) is 1.76. The lowest BCUT2D eigenvalue weighted by Gasteiger charge is -2.31. The molecule has 1 aliphatic rings. The molecule has 0 amide bonds. The van der Waals surface area contributed by atoms with E-state index in [1.54, 1.807) is 13.3 Å². The maximum Gasteiger partial charge on any atom is 0.137 e. The van der Waals surface area contributed by atoms with Crippen LogP contribution in [0, 0.1) is 5.92 Å². The summed E-state index contributed by atoms with van der Waals surface area (Å²) in [6.07, 6.45) is 4.81. The first-order valence-corrected chi connectivity index (χ1v) is 5.54. The van der Waals surface area contributed by atoms with Crippen LogP contribution in [0.25, 0.3) is 0 Å². The summed E-state index contributed by atoms with van der Waals surface area (Å²) < 4.78 is 5.06. The Bertz CT molecular complexity index is 351. The molecule has 1 aromatic heterocycles. The summed E-state index contributed by atoms with van der Waals surface area (Å²) in [4.78, 5) is 17.3. The highest BCUT2D eigenvalue weighted by molar-refractivity contribution is 5.56. The Balaban J connectivity index is 2.07. The zero-order chi connectivity index (χ0) is 11.4. The molecule has 0 aliphatic carbocycles. The molecule has 1 aromatic rings. The standard InChI is InChI=1S/C12H16N2O2/c1-16-11-4-5-12(13-7-11)14-6-2-3-10(8-14)9-15/h4-5,7,9-10H,2-3,6,8H2,1H3. The highest BCUT2D eigenvalue weighted by Gasteiger charge is 2.20. The van der Waals surface area contributed by atoms with Crippen LogP contribution in [0.2, 0.25) is 0 Å². The first-order chi connectivity index (χ1) is 7.83. The van der Waals surface area contributed by atoms with Crippen molar-refractivity contribution < 1.29 is 9.53 Å². The van der Waals surface area contributed by atoms with E-state index < -0.39 is 0 Å². The predicted octanol–water partition coefficient (Wildman–Crippen LogP) is 1.51. The average molecular weight is 220 g/mol. The van der Waals surface area contributed by atoms with Crippen molar-refractivity contribution in [2.75, 3.05) is 25.1 Å². The van der Waals surface area contributed by atoms with E-state index >= 15 is 0 Å². The smallest absolute Gasteiger partial charge is 0.137 e. The van der Waals surface area contributed by atoms with Gasteiger partial charge in [-0.1, -0.05) is 0 Å². The Morgan fingerprint density at radius 1 is 1.56 bits per heavy atom. The van der Waals surface area contributed by atoms with Crippen LogP contribution in [0.1, 0.15) is 12.8 Å². The van der Waals surface area contributed by atoms with E-state index in [1.165, 1.54) is 0 Å². The Labute approximate surface area is 95.2 Å². The molecule has 0 bridgehead atoms. The fourth-order valence-corrected chi connectivity index (χ4v) is 2.01. The van der Waals surface area contributed by atoms with Crippen LogP contribution < -0.4 is 9.64 Å². The molecule has 0 radical (unpaired) electrons. The number of hydrogen-bond donors (Lipinski definition) is 0. The van der Waals surface area contributed by atoms with E-state index in [9.17, 15) is 4.79 Å². The van der Waals surface area contributed by atoms with E-state index in [2.05, 4.69) is 9.88 Å². The van der Waals surface area contributed by atoms with Crippen molar-refractivity contribution in [2.45, 2.75) is 12.8 Å². The van der Waals surface area contributed by atoms with Crippen molar-refractivity contribution in [3.8, 4) is 5.75 Å². The Kier molecular flexibility index (Phi) is 3.39. The first-order valence-electron chi connectivity index (χ1n) is 5.54. The molecule has 1 atom stereocenters. The monoisotopic (exact) mass is 220 g/mol. The third-order valence-electron chi connectivity index (χ3n) is 2.93. The number of aldehydes is 1. The summed E-state index contributed by atoms with van der Waals surface area (Å²) in [6, 6.07) is 3.83. The van der Waals surface area contributed by atoms with Gasteiger partial charge in [0.1, 0.15) is 17.9 Å². The molecule has 2 heterocycles. The number of hydrogen-bond acceptors (Lipinski definition) is 4. The van der Waals surface area contributed by atoms with E-state index in [1.807, 2.05) is 12.1 Å². The Hall–Kier alpha value is -1.58. The predicted molar refractivity (Wildman–Crippen MR) is 61.8 cm³/mol. The number of carbonyl (C=O) groups excluding carboxylic acids is 1. The van der Waals surface area contributed by atoms with Gasteiger partial charge in [0, 0.05) is 19.0 Å². The molecule has 1 fully saturated rings. The van der Waals surface area contributed by atoms with Gasteiger partial charge >= 0.3 is 0 Å². The highest BCUT2D eigenvalue weighted by Crippen LogP contribution is 2.21. The number of nitrogens with zero attached hydrogens (tertiary/aromatic N) is 2. The van der Waals surface area contributed by atoms with E-state index in [0.717, 1.165) is 43.8 Å². The van der Waals surface area contributed by atoms with Crippen molar-refractivity contribution in [2.24, 2.45) is 5.92 Å². The molecule has 1 aliphatic heterocycles. The molecule has 1 saturated heterocycles. The van der Waals surface area contributed by atoms with Gasteiger partial charge in [-0.25, -0.2) is 4.98 Å². The number of piperidine rings is 1. The van der Waals surface area contributed by atoms with Crippen LogP contribution in [-0.4, -0.2) is 31.5 Å². The quantitative estimate of drug-likeness (QED) is 0.724. The van der Waals surface area contributed by atoms with Crippen LogP contribution in [0.4, 0.5) is 5.82 Å². The summed E-state index contributed by atoms with van der Waals surface area (Å²) in [5.41, 5.74) is 0. The molecular weight excluding hydrogens is 204 g/mol. The fourth-order valence-electron chi connectivity index (χ4n) is 2.01. The third kappa shape index (κ3) is 2.32. The zero-order valence-electron chi connectivity index (χ0n) is 9.43. The summed E-state index contributed by atoms with van der Waals surface area (Å²) in [7, 11) is 1.63. The van der Waals surface area contributed by atoms with Crippen molar-refractivity contribution in [1.82, 2.24) is 4.98 Å². The minimum absolute atomic E-state index is 0.151. The molecule has 0 saturated carbocycles. The number of rotatable bonds is 3. The summed E-state index contributed by atoms with van der Waals surface area (Å²) in [5, 5.41) is 0. The molecule has 2 rings (SSSR count). The fraction of sp³-hybridized carbons (Fsp3) is 0.500. The van der Waals surface area contributed by atoms with Crippen LogP contribution in [-0.2, 0) is 4.79 Å². The molecule has 1 unspecified atom stereocenters. The number of ether oxygens (including phenoxy) is 1. The van der Waals surface area contributed by atoms with Crippen LogP contribution in [0.15, 0.2) is 18.3 Å². The molecule has 4 heteroatoms. The number of pyridine rings is 1. The SMILES string of the molecule is COc1ccc(N2CCCC(C=O)C2)nc1. The van der Waals surface area contributed by atoms with Crippen LogP contribution in [0.3, 0.4) is 0 Å². The van der Waals surface area contributed by atoms with Gasteiger partial charge in [-0.2, -0.15) is 0 Å². The minimum atomic E-state index is 0.151. The van der Waals surface area contributed by atoms with Gasteiger partial charge in [0.15, 0.2) is 0 Å². The van der Waals surface area contributed by atoms with Gasteiger partial charge in [0.25, 0.3) is 0 Å². The molecule has 0 N–H and O–H groups in total. The van der Waals surface area contributed by atoms with E-state index in [-0.39, 0.29) is 5.92 Å². The molecular formula is C12H16N2O2. The number of methoxy groups -OCH3 is 1. The number of aromatic nitrogens is 1. The molecule has 4 nitrogen and oxygen atoms in total. The zero-order valence-corrected chi connectivity index (χ0v) is 9.43. The molecule has 16 heavy (non-hydrogen) atoms. The van der Waals surface area contributed by atoms with Gasteiger partial charge in [-0.3, -0.25) is 0 Å². The lowest BCUT2D eigenvalue weighted by Crippen LogP contribution is -2.36. The average Bonchev–Trinajstić information content (AvgIpc) is 2.39. The van der Waals surface area contributed by atoms with Crippen molar-refractivity contribution in [1.29, 1.82) is 0 Å². The van der Waals surface area contributed by atoms with Crippen molar-refractivity contribution in [3.63, 3.8) is 0 Å². The molecule has 86 valence electrons. The Morgan fingerprint density at radius 3 is 3.06 bits per heavy atom. The molecule has 0 aromatic carbocycles. The Morgan fingerprint density at radius 2 is 2.44 bits per heavy atom. The minimum Gasteiger partial charge on any atom is -0.495 e. The van der Waals surface area contributed by atoms with E-state index in [4.69, 9.17) is 4.74 Å². The van der Waals surface area contributed by atoms with Gasteiger partial charge in [0.05, 0.1) is 13.3 Å². The summed E-state index contributed by atoms with van der Waals surface area (Å²) >= 11 is 0. The normalized spacial score (nSPS) is 20.6. The molecule has 0 spiro atoms.